The molecule has 0 aliphatic carbocycles. The largest absolute Gasteiger partial charge is 0.382 e. The van der Waals surface area contributed by atoms with Gasteiger partial charge >= 0.3 is 0 Å². The lowest BCUT2D eigenvalue weighted by Crippen LogP contribution is -2.17. The number of ether oxygens (including phenoxy) is 1. The first kappa shape index (κ1) is 11.2. The third kappa shape index (κ3) is 3.06. The Bertz CT molecular complexity index is 264. The predicted molar refractivity (Wildman–Crippen MR) is 60.0 cm³/mol. The van der Waals surface area contributed by atoms with E-state index in [2.05, 4.69) is 15.9 Å². The van der Waals surface area contributed by atoms with E-state index in [0.29, 0.717) is 0 Å². The average molecular weight is 264 g/mol. The van der Waals surface area contributed by atoms with Crippen LogP contribution in [0.3, 0.4) is 0 Å². The first-order chi connectivity index (χ1) is 6.15. The molecular formula is C9H14BrNOS. The molecule has 1 aromatic rings. The summed E-state index contributed by atoms with van der Waals surface area (Å²) in [7, 11) is 1.71. The van der Waals surface area contributed by atoms with Gasteiger partial charge in [-0.1, -0.05) is 0 Å². The van der Waals surface area contributed by atoms with Crippen molar-refractivity contribution in [3.63, 3.8) is 0 Å². The van der Waals surface area contributed by atoms with E-state index in [1.165, 1.54) is 4.88 Å². The molecule has 0 saturated carbocycles. The minimum Gasteiger partial charge on any atom is -0.382 e. The monoisotopic (exact) mass is 263 g/mol. The molecule has 1 heterocycles. The Morgan fingerprint density at radius 2 is 2.38 bits per heavy atom. The van der Waals surface area contributed by atoms with E-state index in [4.69, 9.17) is 10.5 Å². The Balaban J connectivity index is 2.58. The molecule has 0 radical (unpaired) electrons. The number of rotatable bonds is 4. The van der Waals surface area contributed by atoms with Gasteiger partial charge in [0, 0.05) is 22.5 Å². The van der Waals surface area contributed by atoms with Crippen molar-refractivity contribution in [1.29, 1.82) is 0 Å². The fraction of sp³-hybridized carbons (Fsp3) is 0.556. The van der Waals surface area contributed by atoms with E-state index in [9.17, 15) is 0 Å². The van der Waals surface area contributed by atoms with Gasteiger partial charge in [-0.25, -0.2) is 0 Å². The first-order valence-corrected chi connectivity index (χ1v) is 5.83. The molecule has 2 nitrogen and oxygen atoms in total. The Labute approximate surface area is 91.2 Å². The maximum absolute atomic E-state index is 6.02. The van der Waals surface area contributed by atoms with E-state index in [0.717, 1.165) is 10.9 Å². The van der Waals surface area contributed by atoms with Gasteiger partial charge in [-0.2, -0.15) is 0 Å². The van der Waals surface area contributed by atoms with Crippen LogP contribution >= 0.6 is 27.3 Å². The van der Waals surface area contributed by atoms with E-state index in [1.54, 1.807) is 18.4 Å². The van der Waals surface area contributed by atoms with Crippen molar-refractivity contribution in [2.24, 2.45) is 5.73 Å². The predicted octanol–water partition coefficient (Wildman–Crippen LogP) is 2.94. The standard InChI is InChI=1S/C9H14BrNOS/c1-6(12-2)5-8(11)9-7(10)3-4-13-9/h3-4,6,8H,5,11H2,1-2H3. The Morgan fingerprint density at radius 1 is 1.69 bits per heavy atom. The van der Waals surface area contributed by atoms with Crippen molar-refractivity contribution in [3.05, 3.63) is 20.8 Å². The summed E-state index contributed by atoms with van der Waals surface area (Å²) in [5.74, 6) is 0. The van der Waals surface area contributed by atoms with E-state index in [1.807, 2.05) is 18.4 Å². The Morgan fingerprint density at radius 3 is 2.85 bits per heavy atom. The second-order valence-corrected chi connectivity index (χ2v) is 4.82. The lowest BCUT2D eigenvalue weighted by atomic mass is 10.1. The van der Waals surface area contributed by atoms with Crippen LogP contribution in [-0.2, 0) is 4.74 Å². The molecule has 13 heavy (non-hydrogen) atoms. The molecule has 74 valence electrons. The van der Waals surface area contributed by atoms with Gasteiger partial charge in [0.15, 0.2) is 0 Å². The van der Waals surface area contributed by atoms with Crippen LogP contribution in [-0.4, -0.2) is 13.2 Å². The van der Waals surface area contributed by atoms with Gasteiger partial charge in [0.1, 0.15) is 0 Å². The quantitative estimate of drug-likeness (QED) is 0.907. The highest BCUT2D eigenvalue weighted by molar-refractivity contribution is 9.10. The molecule has 4 heteroatoms. The summed E-state index contributed by atoms with van der Waals surface area (Å²) in [4.78, 5) is 1.20. The van der Waals surface area contributed by atoms with E-state index >= 15 is 0 Å². The molecule has 2 unspecified atom stereocenters. The number of methoxy groups -OCH3 is 1. The molecule has 1 aromatic heterocycles. The molecule has 0 bridgehead atoms. The number of nitrogens with two attached hydrogens (primary N) is 1. The van der Waals surface area contributed by atoms with Gasteiger partial charge in [0.05, 0.1) is 6.10 Å². The minimum atomic E-state index is 0.0734. The lowest BCUT2D eigenvalue weighted by molar-refractivity contribution is 0.105. The summed E-state index contributed by atoms with van der Waals surface area (Å²) < 4.78 is 6.27. The second-order valence-electron chi connectivity index (χ2n) is 3.02. The molecule has 0 saturated heterocycles. The van der Waals surface area contributed by atoms with Gasteiger partial charge in [0.2, 0.25) is 0 Å². The van der Waals surface area contributed by atoms with Crippen LogP contribution in [0.1, 0.15) is 24.3 Å². The summed E-state index contributed by atoms with van der Waals surface area (Å²) in [6.45, 7) is 2.03. The Kier molecular flexibility index (Phi) is 4.38. The van der Waals surface area contributed by atoms with Gasteiger partial charge < -0.3 is 10.5 Å². The summed E-state index contributed by atoms with van der Waals surface area (Å²) in [6.07, 6.45) is 1.07. The molecule has 0 aliphatic rings. The maximum Gasteiger partial charge on any atom is 0.0561 e. The van der Waals surface area contributed by atoms with Crippen LogP contribution in [0, 0.1) is 0 Å². The van der Waals surface area contributed by atoms with Crippen LogP contribution in [0.15, 0.2) is 15.9 Å². The fourth-order valence-electron chi connectivity index (χ4n) is 1.13. The molecule has 1 rings (SSSR count). The molecule has 2 atom stereocenters. The summed E-state index contributed by atoms with van der Waals surface area (Å²) in [5, 5.41) is 2.04. The zero-order valence-electron chi connectivity index (χ0n) is 7.79. The molecule has 0 amide bonds. The minimum absolute atomic E-state index is 0.0734. The summed E-state index contributed by atoms with van der Waals surface area (Å²) >= 11 is 5.15. The van der Waals surface area contributed by atoms with Gasteiger partial charge in [-0.3, -0.25) is 0 Å². The van der Waals surface area contributed by atoms with Crippen LogP contribution < -0.4 is 5.73 Å². The molecular weight excluding hydrogens is 250 g/mol. The SMILES string of the molecule is COC(C)CC(N)c1sccc1Br. The van der Waals surface area contributed by atoms with Gasteiger partial charge in [-0.05, 0) is 40.7 Å². The van der Waals surface area contributed by atoms with Crippen LogP contribution in [0.4, 0.5) is 0 Å². The smallest absolute Gasteiger partial charge is 0.0561 e. The number of thiophene rings is 1. The van der Waals surface area contributed by atoms with Crippen molar-refractivity contribution in [2.75, 3.05) is 7.11 Å². The topological polar surface area (TPSA) is 35.2 Å². The van der Waals surface area contributed by atoms with Crippen molar-refractivity contribution in [2.45, 2.75) is 25.5 Å². The van der Waals surface area contributed by atoms with E-state index in [-0.39, 0.29) is 12.1 Å². The summed E-state index contributed by atoms with van der Waals surface area (Å²) in [5.41, 5.74) is 6.02. The fourth-order valence-corrected chi connectivity index (χ4v) is 2.81. The average Bonchev–Trinajstić information content (AvgIpc) is 2.51. The third-order valence-corrected chi connectivity index (χ3v) is 3.97. The van der Waals surface area contributed by atoms with Crippen LogP contribution in [0.2, 0.25) is 0 Å². The van der Waals surface area contributed by atoms with Crippen molar-refractivity contribution < 1.29 is 4.74 Å². The zero-order chi connectivity index (χ0) is 9.84. The van der Waals surface area contributed by atoms with Crippen molar-refractivity contribution in [1.82, 2.24) is 0 Å². The normalized spacial score (nSPS) is 15.7. The highest BCUT2D eigenvalue weighted by Gasteiger charge is 2.14. The highest BCUT2D eigenvalue weighted by Crippen LogP contribution is 2.30. The number of halogens is 1. The number of hydrogen-bond donors (Lipinski definition) is 1. The summed E-state index contributed by atoms with van der Waals surface area (Å²) in [6, 6.07) is 2.10. The van der Waals surface area contributed by atoms with Gasteiger partial charge in [0.25, 0.3) is 0 Å². The second kappa shape index (κ2) is 5.10. The number of hydrogen-bond acceptors (Lipinski definition) is 3. The van der Waals surface area contributed by atoms with Crippen molar-refractivity contribution in [3.8, 4) is 0 Å². The van der Waals surface area contributed by atoms with Gasteiger partial charge in [-0.15, -0.1) is 11.3 Å². The third-order valence-electron chi connectivity index (χ3n) is 1.97. The first-order valence-electron chi connectivity index (χ1n) is 4.16. The van der Waals surface area contributed by atoms with Crippen molar-refractivity contribution >= 4 is 27.3 Å². The van der Waals surface area contributed by atoms with E-state index < -0.39 is 0 Å². The maximum atomic E-state index is 6.02. The lowest BCUT2D eigenvalue weighted by Gasteiger charge is -2.15. The molecule has 0 fully saturated rings. The zero-order valence-corrected chi connectivity index (χ0v) is 10.2. The van der Waals surface area contributed by atoms with Crippen LogP contribution in [0.25, 0.3) is 0 Å². The van der Waals surface area contributed by atoms with Crippen LogP contribution in [0.5, 0.6) is 0 Å². The highest BCUT2D eigenvalue weighted by atomic mass is 79.9. The molecule has 0 aliphatic heterocycles. The molecule has 0 spiro atoms. The molecule has 2 N–H and O–H groups in total. The Hall–Kier alpha value is 0.100. The molecule has 0 aromatic carbocycles.